The van der Waals surface area contributed by atoms with E-state index in [1.165, 1.54) is 16.2 Å². The highest BCUT2D eigenvalue weighted by Gasteiger charge is 2.34. The van der Waals surface area contributed by atoms with Gasteiger partial charge in [0.25, 0.3) is 5.91 Å². The first-order chi connectivity index (χ1) is 15.4. The topological polar surface area (TPSA) is 75.7 Å². The molecule has 0 radical (unpaired) electrons. The molecule has 0 unspecified atom stereocenters. The molecule has 9 heteroatoms. The lowest BCUT2D eigenvalue weighted by atomic mass is 9.95. The smallest absolute Gasteiger partial charge is 0.341 e. The first-order valence-electron chi connectivity index (χ1n) is 10.7. The lowest BCUT2D eigenvalue weighted by molar-refractivity contribution is -0.121. The van der Waals surface area contributed by atoms with Gasteiger partial charge in [0.05, 0.1) is 17.7 Å². The monoisotopic (exact) mass is 462 g/mol. The number of esters is 1. The summed E-state index contributed by atoms with van der Waals surface area (Å²) in [6.07, 6.45) is 2.88. The van der Waals surface area contributed by atoms with Gasteiger partial charge in [0.15, 0.2) is 0 Å². The number of hydrogen-bond acceptors (Lipinski definition) is 5. The number of rotatable bonds is 6. The molecule has 2 fully saturated rings. The molecule has 0 bridgehead atoms. The fraction of sp³-hybridized carbons (Fsp3) is 0.435. The van der Waals surface area contributed by atoms with Crippen LogP contribution in [0, 0.1) is 17.6 Å². The number of nitrogens with one attached hydrogen (secondary N) is 1. The van der Waals surface area contributed by atoms with Crippen LogP contribution in [0.25, 0.3) is 0 Å². The number of benzene rings is 1. The van der Waals surface area contributed by atoms with Crippen molar-refractivity contribution in [1.82, 2.24) is 4.90 Å². The predicted molar refractivity (Wildman–Crippen MR) is 116 cm³/mol. The zero-order valence-electron chi connectivity index (χ0n) is 17.7. The quantitative estimate of drug-likeness (QED) is 0.638. The SMILES string of the molecule is CCOC(=O)c1c(C2CC2)csc1NC(=O)C1CCN(C(=O)c2ccc(F)cc2F)CC1. The largest absolute Gasteiger partial charge is 0.462 e. The summed E-state index contributed by atoms with van der Waals surface area (Å²) in [6, 6.07) is 2.87. The Morgan fingerprint density at radius 3 is 2.50 bits per heavy atom. The molecule has 170 valence electrons. The van der Waals surface area contributed by atoms with Crippen LogP contribution >= 0.6 is 11.3 Å². The van der Waals surface area contributed by atoms with E-state index >= 15 is 0 Å². The maximum absolute atomic E-state index is 13.9. The molecule has 1 aliphatic heterocycles. The van der Waals surface area contributed by atoms with Crippen LogP contribution < -0.4 is 5.32 Å². The van der Waals surface area contributed by atoms with Crippen molar-refractivity contribution in [2.75, 3.05) is 25.0 Å². The van der Waals surface area contributed by atoms with Gasteiger partial charge in [-0.3, -0.25) is 9.59 Å². The number of halogens is 2. The lowest BCUT2D eigenvalue weighted by Crippen LogP contribution is -2.41. The fourth-order valence-corrected chi connectivity index (χ4v) is 5.00. The van der Waals surface area contributed by atoms with Crippen molar-refractivity contribution in [2.45, 2.75) is 38.5 Å². The van der Waals surface area contributed by atoms with Crippen LogP contribution in [0.2, 0.25) is 0 Å². The first kappa shape index (κ1) is 22.4. The van der Waals surface area contributed by atoms with Crippen molar-refractivity contribution < 1.29 is 27.9 Å². The number of hydrogen-bond donors (Lipinski definition) is 1. The molecule has 1 saturated heterocycles. The van der Waals surface area contributed by atoms with Crippen LogP contribution in [0.4, 0.5) is 13.8 Å². The normalized spacial score (nSPS) is 16.7. The van der Waals surface area contributed by atoms with Crippen molar-refractivity contribution >= 4 is 34.1 Å². The summed E-state index contributed by atoms with van der Waals surface area (Å²) in [5.74, 6) is -2.78. The summed E-state index contributed by atoms with van der Waals surface area (Å²) >= 11 is 1.33. The van der Waals surface area contributed by atoms with E-state index in [4.69, 9.17) is 4.74 Å². The number of anilines is 1. The third-order valence-corrected chi connectivity index (χ3v) is 6.78. The summed E-state index contributed by atoms with van der Waals surface area (Å²) in [5, 5.41) is 5.30. The predicted octanol–water partition coefficient (Wildman–Crippen LogP) is 4.57. The van der Waals surface area contributed by atoms with Crippen LogP contribution in [0.15, 0.2) is 23.6 Å². The van der Waals surface area contributed by atoms with Gasteiger partial charge in [-0.15, -0.1) is 11.3 Å². The third-order valence-electron chi connectivity index (χ3n) is 5.87. The van der Waals surface area contributed by atoms with Gasteiger partial charge in [-0.25, -0.2) is 13.6 Å². The number of likely N-dealkylation sites (tertiary alicyclic amines) is 1. The second kappa shape index (κ2) is 9.36. The summed E-state index contributed by atoms with van der Waals surface area (Å²) in [6.45, 7) is 2.58. The van der Waals surface area contributed by atoms with Gasteiger partial charge in [-0.05, 0) is 61.6 Å². The van der Waals surface area contributed by atoms with Gasteiger partial charge in [-0.1, -0.05) is 0 Å². The molecule has 1 aliphatic carbocycles. The third kappa shape index (κ3) is 4.67. The number of piperidine rings is 1. The summed E-state index contributed by atoms with van der Waals surface area (Å²) in [5.41, 5.74) is 1.21. The molecule has 0 atom stereocenters. The average Bonchev–Trinajstić information content (AvgIpc) is 3.53. The lowest BCUT2D eigenvalue weighted by Gasteiger charge is -2.31. The van der Waals surface area contributed by atoms with E-state index in [1.807, 2.05) is 5.38 Å². The van der Waals surface area contributed by atoms with Gasteiger partial charge >= 0.3 is 5.97 Å². The molecule has 2 aromatic rings. The summed E-state index contributed by atoms with van der Waals surface area (Å²) < 4.78 is 32.2. The second-order valence-corrected chi connectivity index (χ2v) is 8.95. The maximum Gasteiger partial charge on any atom is 0.341 e. The fourth-order valence-electron chi connectivity index (χ4n) is 3.96. The number of ether oxygens (including phenoxy) is 1. The molecule has 1 saturated carbocycles. The van der Waals surface area contributed by atoms with Crippen molar-refractivity contribution in [3.8, 4) is 0 Å². The van der Waals surface area contributed by atoms with Gasteiger partial charge in [-0.2, -0.15) is 0 Å². The number of amides is 2. The molecule has 2 amide bonds. The minimum atomic E-state index is -0.898. The minimum Gasteiger partial charge on any atom is -0.462 e. The molecule has 2 heterocycles. The molecule has 1 aromatic heterocycles. The average molecular weight is 463 g/mol. The van der Waals surface area contributed by atoms with E-state index in [9.17, 15) is 23.2 Å². The highest BCUT2D eigenvalue weighted by molar-refractivity contribution is 7.15. The van der Waals surface area contributed by atoms with Crippen LogP contribution in [0.5, 0.6) is 0 Å². The van der Waals surface area contributed by atoms with E-state index in [1.54, 1.807) is 6.92 Å². The Morgan fingerprint density at radius 2 is 1.88 bits per heavy atom. The van der Waals surface area contributed by atoms with Gasteiger partial charge in [0.1, 0.15) is 16.6 Å². The van der Waals surface area contributed by atoms with Crippen molar-refractivity contribution in [3.05, 3.63) is 51.9 Å². The molecule has 1 N–H and O–H groups in total. The molecule has 6 nitrogen and oxygen atoms in total. The molecule has 1 aromatic carbocycles. The Bertz CT molecular complexity index is 1040. The number of carbonyl (C=O) groups is 3. The van der Waals surface area contributed by atoms with Crippen molar-refractivity contribution in [2.24, 2.45) is 5.92 Å². The number of nitrogens with zero attached hydrogens (tertiary/aromatic N) is 1. The molecule has 0 spiro atoms. The Morgan fingerprint density at radius 1 is 1.16 bits per heavy atom. The summed E-state index contributed by atoms with van der Waals surface area (Å²) in [7, 11) is 0. The first-order valence-corrected chi connectivity index (χ1v) is 11.6. The minimum absolute atomic E-state index is 0.181. The molecule has 32 heavy (non-hydrogen) atoms. The van der Waals surface area contributed by atoms with E-state index < -0.39 is 23.5 Å². The van der Waals surface area contributed by atoms with E-state index in [0.717, 1.165) is 30.5 Å². The van der Waals surface area contributed by atoms with E-state index in [2.05, 4.69) is 5.32 Å². The highest BCUT2D eigenvalue weighted by atomic mass is 32.1. The Kier molecular flexibility index (Phi) is 6.55. The van der Waals surface area contributed by atoms with Crippen LogP contribution in [0.3, 0.4) is 0 Å². The van der Waals surface area contributed by atoms with Crippen molar-refractivity contribution in [1.29, 1.82) is 0 Å². The van der Waals surface area contributed by atoms with E-state index in [0.29, 0.717) is 35.4 Å². The summed E-state index contributed by atoms with van der Waals surface area (Å²) in [4.78, 5) is 39.4. The van der Waals surface area contributed by atoms with Gasteiger partial charge in [0.2, 0.25) is 5.91 Å². The van der Waals surface area contributed by atoms with Crippen molar-refractivity contribution in [3.63, 3.8) is 0 Å². The Balaban J connectivity index is 1.39. The van der Waals surface area contributed by atoms with Crippen LogP contribution in [0.1, 0.15) is 64.8 Å². The highest BCUT2D eigenvalue weighted by Crippen LogP contribution is 2.46. The Hall–Kier alpha value is -2.81. The number of carbonyl (C=O) groups excluding carboxylic acids is 3. The Labute approximate surface area is 188 Å². The van der Waals surface area contributed by atoms with Crippen LogP contribution in [-0.4, -0.2) is 42.4 Å². The number of thiophene rings is 1. The second-order valence-electron chi connectivity index (χ2n) is 8.07. The van der Waals surface area contributed by atoms with Gasteiger partial charge in [0, 0.05) is 25.1 Å². The van der Waals surface area contributed by atoms with E-state index in [-0.39, 0.29) is 37.1 Å². The zero-order valence-corrected chi connectivity index (χ0v) is 18.5. The van der Waals surface area contributed by atoms with Crippen LogP contribution in [-0.2, 0) is 9.53 Å². The zero-order chi connectivity index (χ0) is 22.8. The molecular formula is C23H24F2N2O4S. The van der Waals surface area contributed by atoms with Gasteiger partial charge < -0.3 is 15.0 Å². The molecular weight excluding hydrogens is 438 g/mol. The standard InChI is InChI=1S/C23H24F2N2O4S/c1-2-31-23(30)19-17(13-3-4-13)12-32-21(19)26-20(28)14-7-9-27(10-8-14)22(29)16-6-5-15(24)11-18(16)25/h5-6,11-14H,2-4,7-10H2,1H3,(H,26,28). The molecule has 4 rings (SSSR count). The molecule has 2 aliphatic rings. The maximum atomic E-state index is 13.9.